The third-order valence-electron chi connectivity index (χ3n) is 9.83. The number of benzene rings is 3. The highest BCUT2D eigenvalue weighted by Crippen LogP contribution is 2.36. The van der Waals surface area contributed by atoms with Gasteiger partial charge in [0.2, 0.25) is 5.91 Å². The van der Waals surface area contributed by atoms with Crippen molar-refractivity contribution in [2.45, 2.75) is 38.8 Å². The molecule has 3 aromatic carbocycles. The number of ether oxygens (including phenoxy) is 1. The Kier molecular flexibility index (Phi) is 11.5. The molecule has 6 rings (SSSR count). The largest absolute Gasteiger partial charge is 0.453 e. The van der Waals surface area contributed by atoms with E-state index in [4.69, 9.17) is 21.3 Å². The standard InChI is InChI=1S/C39H45ClN8O5/c1-24(2)32(44-39(52)53-4)37(50)48-19-5-6-31(48)35-43-33(34(40)45-35)27-9-7-25(8-10-27)26-11-15-29(16-12-26)42-36(49)28-13-17-30(18-14-28)46-20-22-47(23-21-46)38(51)41-3/h7-18,24,31-32H,5-6,19-23H2,1-4H3,(H,41,51)(H,42,49)(H,43,45)(H,44,52)/t31?,32-/m0/s1. The fraction of sp³-hybridized carbons (Fsp3) is 0.359. The summed E-state index contributed by atoms with van der Waals surface area (Å²) < 4.78 is 4.74. The number of nitrogens with one attached hydrogen (secondary N) is 4. The molecule has 4 aromatic rings. The number of alkyl carbamates (subject to hydrolysis) is 1. The molecule has 4 N–H and O–H groups in total. The molecular formula is C39H45ClN8O5. The lowest BCUT2D eigenvalue weighted by atomic mass is 10.0. The summed E-state index contributed by atoms with van der Waals surface area (Å²) in [5.74, 6) is 0.0906. The van der Waals surface area contributed by atoms with Crippen molar-refractivity contribution in [2.75, 3.05) is 57.1 Å². The van der Waals surface area contributed by atoms with Crippen LogP contribution in [0.4, 0.5) is 21.0 Å². The number of rotatable bonds is 9. The second-order valence-corrected chi connectivity index (χ2v) is 13.9. The van der Waals surface area contributed by atoms with Crippen molar-refractivity contribution in [3.05, 3.63) is 89.3 Å². The topological polar surface area (TPSA) is 152 Å². The normalized spacial score (nSPS) is 16.3. The number of carbonyl (C=O) groups is 4. The van der Waals surface area contributed by atoms with Gasteiger partial charge in [0, 0.05) is 62.3 Å². The van der Waals surface area contributed by atoms with Crippen molar-refractivity contribution in [3.8, 4) is 22.4 Å². The van der Waals surface area contributed by atoms with Crippen LogP contribution in [0.1, 0.15) is 48.9 Å². The molecule has 14 heteroatoms. The Morgan fingerprint density at radius 3 is 2.09 bits per heavy atom. The molecule has 5 amide bonds. The van der Waals surface area contributed by atoms with E-state index in [0.717, 1.165) is 48.3 Å². The SMILES string of the molecule is CNC(=O)N1CCN(c2ccc(C(=O)Nc3ccc(-c4ccc(-c5nc(C6CCCN6C(=O)[C@@H](NC(=O)OC)C(C)C)[nH]c5Cl)cc4)cc3)cc2)CC1. The number of aromatic nitrogens is 2. The zero-order chi connectivity index (χ0) is 37.6. The summed E-state index contributed by atoms with van der Waals surface area (Å²) in [7, 11) is 2.91. The molecule has 2 saturated heterocycles. The fourth-order valence-electron chi connectivity index (χ4n) is 6.83. The third kappa shape index (κ3) is 8.41. The fourth-order valence-corrected chi connectivity index (χ4v) is 7.08. The van der Waals surface area contributed by atoms with Gasteiger partial charge in [-0.2, -0.15) is 0 Å². The molecule has 0 radical (unpaired) electrons. The van der Waals surface area contributed by atoms with Crippen molar-refractivity contribution in [1.82, 2.24) is 30.4 Å². The molecule has 0 saturated carbocycles. The van der Waals surface area contributed by atoms with E-state index in [1.807, 2.05) is 86.6 Å². The average molecular weight is 741 g/mol. The molecule has 13 nitrogen and oxygen atoms in total. The summed E-state index contributed by atoms with van der Waals surface area (Å²) in [5.41, 5.74) is 5.63. The highest BCUT2D eigenvalue weighted by Gasteiger charge is 2.38. The van der Waals surface area contributed by atoms with Crippen molar-refractivity contribution in [1.29, 1.82) is 0 Å². The van der Waals surface area contributed by atoms with Crippen molar-refractivity contribution < 1.29 is 23.9 Å². The van der Waals surface area contributed by atoms with E-state index in [1.54, 1.807) is 16.8 Å². The summed E-state index contributed by atoms with van der Waals surface area (Å²) in [6, 6.07) is 22.0. The van der Waals surface area contributed by atoms with E-state index in [0.29, 0.717) is 47.6 Å². The Morgan fingerprint density at radius 2 is 1.49 bits per heavy atom. The van der Waals surface area contributed by atoms with Crippen LogP contribution in [0.5, 0.6) is 0 Å². The van der Waals surface area contributed by atoms with Crippen LogP contribution in [0.2, 0.25) is 5.15 Å². The van der Waals surface area contributed by atoms with E-state index in [1.165, 1.54) is 7.11 Å². The average Bonchev–Trinajstić information content (AvgIpc) is 3.83. The first kappa shape index (κ1) is 37.2. The van der Waals surface area contributed by atoms with Crippen LogP contribution < -0.4 is 20.9 Å². The smallest absolute Gasteiger partial charge is 0.407 e. The number of hydrogen-bond acceptors (Lipinski definition) is 7. The summed E-state index contributed by atoms with van der Waals surface area (Å²) in [6.07, 6.45) is 0.881. The molecule has 0 bridgehead atoms. The van der Waals surface area contributed by atoms with Gasteiger partial charge in [-0.25, -0.2) is 14.6 Å². The number of hydrogen-bond donors (Lipinski definition) is 4. The summed E-state index contributed by atoms with van der Waals surface area (Å²) in [5, 5.41) is 8.70. The number of urea groups is 1. The maximum absolute atomic E-state index is 13.5. The summed E-state index contributed by atoms with van der Waals surface area (Å²) >= 11 is 6.66. The van der Waals surface area contributed by atoms with Gasteiger partial charge < -0.3 is 40.4 Å². The molecule has 2 atom stereocenters. The predicted molar refractivity (Wildman–Crippen MR) is 205 cm³/mol. The second-order valence-electron chi connectivity index (χ2n) is 13.5. The number of anilines is 2. The molecule has 0 aliphatic carbocycles. The molecule has 2 fully saturated rings. The molecule has 1 aromatic heterocycles. The molecule has 0 spiro atoms. The number of carbonyl (C=O) groups excluding carboxylic acids is 4. The summed E-state index contributed by atoms with van der Waals surface area (Å²) in [4.78, 5) is 64.1. The monoisotopic (exact) mass is 740 g/mol. The van der Waals surface area contributed by atoms with Crippen LogP contribution in [-0.4, -0.2) is 96.6 Å². The van der Waals surface area contributed by atoms with Gasteiger partial charge in [0.05, 0.1) is 13.2 Å². The van der Waals surface area contributed by atoms with E-state index in [9.17, 15) is 19.2 Å². The number of amides is 5. The summed E-state index contributed by atoms with van der Waals surface area (Å²) in [6.45, 7) is 7.06. The lowest BCUT2D eigenvalue weighted by Gasteiger charge is -2.35. The Bertz CT molecular complexity index is 1920. The van der Waals surface area contributed by atoms with Gasteiger partial charge in [-0.15, -0.1) is 0 Å². The molecule has 2 aliphatic rings. The minimum atomic E-state index is -0.722. The Labute approximate surface area is 314 Å². The highest BCUT2D eigenvalue weighted by molar-refractivity contribution is 6.32. The van der Waals surface area contributed by atoms with E-state index >= 15 is 0 Å². The van der Waals surface area contributed by atoms with Gasteiger partial charge in [-0.05, 0) is 66.3 Å². The second kappa shape index (κ2) is 16.4. The lowest BCUT2D eigenvalue weighted by molar-refractivity contribution is -0.135. The maximum Gasteiger partial charge on any atom is 0.407 e. The van der Waals surface area contributed by atoms with Crippen molar-refractivity contribution in [3.63, 3.8) is 0 Å². The minimum Gasteiger partial charge on any atom is -0.453 e. The van der Waals surface area contributed by atoms with Gasteiger partial charge in [0.15, 0.2) is 0 Å². The highest BCUT2D eigenvalue weighted by atomic mass is 35.5. The number of likely N-dealkylation sites (tertiary alicyclic amines) is 1. The number of imidazole rings is 1. The number of piperazine rings is 1. The Hall–Kier alpha value is -5.56. The van der Waals surface area contributed by atoms with Crippen LogP contribution in [0.3, 0.4) is 0 Å². The number of nitrogens with zero attached hydrogens (tertiary/aromatic N) is 4. The van der Waals surface area contributed by atoms with Gasteiger partial charge in [-0.3, -0.25) is 9.59 Å². The number of H-pyrrole nitrogens is 1. The van der Waals surface area contributed by atoms with Gasteiger partial charge in [0.1, 0.15) is 22.7 Å². The van der Waals surface area contributed by atoms with Crippen molar-refractivity contribution >= 4 is 46.9 Å². The third-order valence-corrected chi connectivity index (χ3v) is 10.1. The lowest BCUT2D eigenvalue weighted by Crippen LogP contribution is -2.51. The maximum atomic E-state index is 13.5. The quantitative estimate of drug-likeness (QED) is 0.161. The van der Waals surface area contributed by atoms with Crippen LogP contribution in [0.25, 0.3) is 22.4 Å². The van der Waals surface area contributed by atoms with Crippen molar-refractivity contribution in [2.24, 2.45) is 5.92 Å². The van der Waals surface area contributed by atoms with E-state index in [2.05, 4.69) is 25.8 Å². The van der Waals surface area contributed by atoms with Gasteiger partial charge in [0.25, 0.3) is 5.91 Å². The zero-order valence-corrected chi connectivity index (χ0v) is 31.1. The number of halogens is 1. The van der Waals surface area contributed by atoms with Crippen LogP contribution in [0, 0.1) is 5.92 Å². The molecule has 2 aliphatic heterocycles. The first-order valence-electron chi connectivity index (χ1n) is 17.8. The van der Waals surface area contributed by atoms with E-state index in [-0.39, 0.29) is 29.8 Å². The Balaban J connectivity index is 1.06. The number of methoxy groups -OCH3 is 1. The predicted octanol–water partition coefficient (Wildman–Crippen LogP) is 6.15. The van der Waals surface area contributed by atoms with Crippen LogP contribution in [0.15, 0.2) is 72.8 Å². The van der Waals surface area contributed by atoms with E-state index < -0.39 is 12.1 Å². The molecule has 278 valence electrons. The molecule has 1 unspecified atom stereocenters. The van der Waals surface area contributed by atoms with Gasteiger partial charge >= 0.3 is 12.1 Å². The molecule has 3 heterocycles. The Morgan fingerprint density at radius 1 is 0.868 bits per heavy atom. The zero-order valence-electron chi connectivity index (χ0n) is 30.3. The van der Waals surface area contributed by atoms with Crippen LogP contribution >= 0.6 is 11.6 Å². The minimum absolute atomic E-state index is 0.0643. The molecule has 53 heavy (non-hydrogen) atoms. The van der Waals surface area contributed by atoms with Gasteiger partial charge in [-0.1, -0.05) is 61.8 Å². The first-order chi connectivity index (χ1) is 25.6. The molecular weight excluding hydrogens is 696 g/mol. The number of aromatic amines is 1. The first-order valence-corrected chi connectivity index (χ1v) is 18.2. The van der Waals surface area contributed by atoms with Crippen LogP contribution in [-0.2, 0) is 9.53 Å².